The Balaban J connectivity index is 1.73. The van der Waals surface area contributed by atoms with Crippen molar-refractivity contribution < 1.29 is 28.9 Å². The van der Waals surface area contributed by atoms with E-state index in [1.807, 2.05) is 32.3 Å². The molecule has 1 unspecified atom stereocenters. The van der Waals surface area contributed by atoms with Crippen molar-refractivity contribution in [3.05, 3.63) is 11.9 Å². The number of aryl methyl sites for hydroxylation is 1. The zero-order valence-corrected chi connectivity index (χ0v) is 23.4. The fourth-order valence-electron chi connectivity index (χ4n) is 5.57. The number of rotatable bonds is 6. The molecule has 4 heterocycles. The molecule has 12 heteroatoms. The number of fused-ring (bicyclic) bond motifs is 1. The van der Waals surface area contributed by atoms with Crippen molar-refractivity contribution in [1.29, 1.82) is 0 Å². The molecule has 0 saturated carbocycles. The van der Waals surface area contributed by atoms with Gasteiger partial charge in [0.25, 0.3) is 6.09 Å². The smallest absolute Gasteiger partial charge is 0.258 e. The van der Waals surface area contributed by atoms with E-state index in [0.717, 1.165) is 19.3 Å². The number of hydrogen-bond donors (Lipinski definition) is 2. The Morgan fingerprint density at radius 2 is 2.05 bits per heavy atom. The number of nitrogens with zero attached hydrogens (tertiary/aromatic N) is 6. The Labute approximate surface area is 227 Å². The zero-order valence-electron chi connectivity index (χ0n) is 23.4. The minimum absolute atomic E-state index is 0.0923. The highest BCUT2D eigenvalue weighted by atomic mass is 16.6. The predicted octanol–water partition coefficient (Wildman–Crippen LogP) is 2.49. The van der Waals surface area contributed by atoms with Crippen LogP contribution in [0.5, 0.6) is 5.75 Å². The second-order valence-corrected chi connectivity index (χ2v) is 11.5. The number of imidazole rings is 1. The minimum atomic E-state index is -1.23. The van der Waals surface area contributed by atoms with Gasteiger partial charge in [-0.25, -0.2) is 14.6 Å². The molecule has 12 nitrogen and oxygen atoms in total. The third-order valence-electron chi connectivity index (χ3n) is 7.42. The van der Waals surface area contributed by atoms with Gasteiger partial charge in [0.15, 0.2) is 23.1 Å². The first kappa shape index (κ1) is 28.3. The maximum absolute atomic E-state index is 12.5. The van der Waals surface area contributed by atoms with E-state index in [1.165, 1.54) is 0 Å². The molecule has 3 aromatic heterocycles. The van der Waals surface area contributed by atoms with Gasteiger partial charge in [-0.05, 0) is 70.6 Å². The maximum atomic E-state index is 12.5. The summed E-state index contributed by atoms with van der Waals surface area (Å²) >= 11 is 0. The molecule has 1 aliphatic rings. The third-order valence-corrected chi connectivity index (χ3v) is 7.42. The predicted molar refractivity (Wildman–Crippen MR) is 142 cm³/mol. The minimum Gasteiger partial charge on any atom is -0.498 e. The van der Waals surface area contributed by atoms with E-state index >= 15 is 0 Å². The number of carbonyl (C=O) groups excluding carboxylic acids is 1. The van der Waals surface area contributed by atoms with Crippen LogP contribution >= 0.6 is 0 Å². The van der Waals surface area contributed by atoms with Gasteiger partial charge in [0, 0.05) is 19.4 Å². The summed E-state index contributed by atoms with van der Waals surface area (Å²) in [5.74, 6) is 6.68. The van der Waals surface area contributed by atoms with Gasteiger partial charge in [-0.1, -0.05) is 5.92 Å². The van der Waals surface area contributed by atoms with Gasteiger partial charge in [0.1, 0.15) is 22.3 Å². The van der Waals surface area contributed by atoms with Crippen LogP contribution in [-0.2, 0) is 6.54 Å². The Hall–Kier alpha value is -3.69. The number of amides is 1. The second kappa shape index (κ2) is 10.5. The number of aromatic nitrogens is 5. The van der Waals surface area contributed by atoms with Gasteiger partial charge < -0.3 is 30.0 Å². The first-order chi connectivity index (χ1) is 18.3. The number of piperidine rings is 1. The molecule has 1 aliphatic heterocycles. The summed E-state index contributed by atoms with van der Waals surface area (Å²) in [6.07, 6.45) is 3.65. The van der Waals surface area contributed by atoms with Crippen LogP contribution in [-0.4, -0.2) is 70.9 Å². The molecule has 1 fully saturated rings. The summed E-state index contributed by atoms with van der Waals surface area (Å²) in [4.78, 5) is 21.7. The molecule has 1 saturated heterocycles. The van der Waals surface area contributed by atoms with Crippen LogP contribution in [0.1, 0.15) is 72.9 Å². The Morgan fingerprint density at radius 1 is 1.31 bits per heavy atom. The van der Waals surface area contributed by atoms with Gasteiger partial charge in [-0.2, -0.15) is 0 Å². The molecule has 0 spiro atoms. The molecule has 0 radical (unpaired) electrons. The number of nitrogen functional groups attached to an aromatic ring is 1. The van der Waals surface area contributed by atoms with Crippen LogP contribution in [0.4, 0.5) is 10.6 Å². The molecule has 2 atom stereocenters. The topological polar surface area (TPSA) is 165 Å². The van der Waals surface area contributed by atoms with Crippen molar-refractivity contribution in [2.75, 3.05) is 18.9 Å². The summed E-state index contributed by atoms with van der Waals surface area (Å²) in [7, 11) is 0. The van der Waals surface area contributed by atoms with Gasteiger partial charge >= 0.3 is 0 Å². The first-order valence-electron chi connectivity index (χ1n) is 13.3. The SMILES string of the molecule is CCn1c(-c2nonc2N)nc2c(C#CC(C)(C)O)ncc(OCC[C@@H]3CCCC[N+]3(C(=O)[O-])C(C)(C)C)c21. The van der Waals surface area contributed by atoms with Crippen molar-refractivity contribution in [1.82, 2.24) is 24.8 Å². The number of carbonyl (C=O) groups is 1. The molecule has 4 rings (SSSR count). The fourth-order valence-corrected chi connectivity index (χ4v) is 5.57. The van der Waals surface area contributed by atoms with Gasteiger partial charge in [0.05, 0.1) is 30.9 Å². The number of carboxylic acid groups (broad SMARTS) is 1. The van der Waals surface area contributed by atoms with Gasteiger partial charge in [-0.3, -0.25) is 4.48 Å². The highest BCUT2D eigenvalue weighted by Crippen LogP contribution is 2.37. The highest BCUT2D eigenvalue weighted by molar-refractivity contribution is 5.89. The van der Waals surface area contributed by atoms with Crippen LogP contribution in [0, 0.1) is 11.8 Å². The molecule has 3 N–H and O–H groups in total. The van der Waals surface area contributed by atoms with Gasteiger partial charge in [-0.15, -0.1) is 0 Å². The molecular formula is C27H37N7O5. The van der Waals surface area contributed by atoms with Crippen molar-refractivity contribution in [3.8, 4) is 29.1 Å². The molecule has 0 aliphatic carbocycles. The standard InChI is InChI=1S/C27H37N7O5/c1-7-33-22-19(38-15-12-17-10-8-9-14-34(17,25(35)36)26(2,3)4)16-29-18(11-13-27(5,6)37)20(22)30-24(33)21-23(28)32-39-31-21/h16-17,37H,7-10,12,14-15H2,1-6H3,(H2-,28,32,35,36)/t17-,34?/m0/s1. The van der Waals surface area contributed by atoms with E-state index in [2.05, 4.69) is 27.1 Å². The van der Waals surface area contributed by atoms with Crippen LogP contribution < -0.4 is 15.6 Å². The lowest BCUT2D eigenvalue weighted by molar-refractivity contribution is -0.946. The molecule has 39 heavy (non-hydrogen) atoms. The summed E-state index contributed by atoms with van der Waals surface area (Å²) in [6.45, 7) is 12.3. The van der Waals surface area contributed by atoms with E-state index in [4.69, 9.17) is 20.1 Å². The average Bonchev–Trinajstić information content (AvgIpc) is 3.45. The number of aliphatic hydroxyl groups is 1. The van der Waals surface area contributed by atoms with Crippen molar-refractivity contribution in [2.24, 2.45) is 0 Å². The molecule has 1 amide bonds. The number of nitrogens with two attached hydrogens (primary N) is 1. The summed E-state index contributed by atoms with van der Waals surface area (Å²) in [5, 5.41) is 30.2. The lowest BCUT2D eigenvalue weighted by Gasteiger charge is -2.55. The van der Waals surface area contributed by atoms with E-state index in [-0.39, 0.29) is 28.6 Å². The van der Waals surface area contributed by atoms with Crippen molar-refractivity contribution in [2.45, 2.75) is 91.0 Å². The van der Waals surface area contributed by atoms with E-state index in [0.29, 0.717) is 47.8 Å². The Bertz CT molecular complexity index is 1420. The van der Waals surface area contributed by atoms with E-state index < -0.39 is 17.2 Å². The molecular weight excluding hydrogens is 502 g/mol. The highest BCUT2D eigenvalue weighted by Gasteiger charge is 2.49. The van der Waals surface area contributed by atoms with Crippen molar-refractivity contribution in [3.63, 3.8) is 0 Å². The molecule has 210 valence electrons. The quantitative estimate of drug-likeness (QED) is 0.351. The van der Waals surface area contributed by atoms with Gasteiger partial charge in [0.2, 0.25) is 0 Å². The largest absolute Gasteiger partial charge is 0.498 e. The number of likely N-dealkylation sites (tertiary alicyclic amines) is 1. The number of anilines is 1. The zero-order chi connectivity index (χ0) is 28.6. The van der Waals surface area contributed by atoms with Crippen LogP contribution in [0.3, 0.4) is 0 Å². The van der Waals surface area contributed by atoms with Crippen LogP contribution in [0.15, 0.2) is 10.8 Å². The van der Waals surface area contributed by atoms with E-state index in [9.17, 15) is 15.0 Å². The number of ether oxygens (including phenoxy) is 1. The number of quaternary nitrogens is 1. The average molecular weight is 540 g/mol. The monoisotopic (exact) mass is 539 g/mol. The lowest BCUT2D eigenvalue weighted by Crippen LogP contribution is -2.73. The van der Waals surface area contributed by atoms with Crippen molar-refractivity contribution >= 4 is 22.9 Å². The fraction of sp³-hybridized carbons (Fsp3) is 0.593. The normalized spacial score (nSPS) is 20.0. The first-order valence-corrected chi connectivity index (χ1v) is 13.3. The summed E-state index contributed by atoms with van der Waals surface area (Å²) in [5.41, 5.74) is 5.96. The maximum Gasteiger partial charge on any atom is 0.258 e. The molecule has 0 aromatic carbocycles. The lowest BCUT2D eigenvalue weighted by atomic mass is 9.88. The molecule has 0 bridgehead atoms. The Morgan fingerprint density at radius 3 is 2.64 bits per heavy atom. The van der Waals surface area contributed by atoms with Crippen LogP contribution in [0.25, 0.3) is 22.6 Å². The number of pyridine rings is 1. The summed E-state index contributed by atoms with van der Waals surface area (Å²) in [6, 6.07) is -0.142. The molecule has 3 aromatic rings. The van der Waals surface area contributed by atoms with E-state index in [1.54, 1.807) is 20.0 Å². The third kappa shape index (κ3) is 5.29. The summed E-state index contributed by atoms with van der Waals surface area (Å²) < 4.78 is 12.9. The second-order valence-electron chi connectivity index (χ2n) is 11.5. The van der Waals surface area contributed by atoms with Crippen LogP contribution in [0.2, 0.25) is 0 Å². The number of hydrogen-bond acceptors (Lipinski definition) is 10. The Kier molecular flexibility index (Phi) is 7.60.